The van der Waals surface area contributed by atoms with Crippen molar-refractivity contribution >= 4 is 45.8 Å². The summed E-state index contributed by atoms with van der Waals surface area (Å²) in [6.45, 7) is 0.175. The lowest BCUT2D eigenvalue weighted by molar-refractivity contribution is -0.123. The molecule has 1 saturated heterocycles. The lowest BCUT2D eigenvalue weighted by Crippen LogP contribution is -2.35. The van der Waals surface area contributed by atoms with Crippen LogP contribution in [0.1, 0.15) is 31.2 Å². The van der Waals surface area contributed by atoms with Crippen molar-refractivity contribution in [3.05, 3.63) is 40.9 Å². The summed E-state index contributed by atoms with van der Waals surface area (Å²) < 4.78 is 1.89. The maximum atomic E-state index is 12.5. The number of amides is 3. The molecule has 0 bridgehead atoms. The van der Waals surface area contributed by atoms with Crippen LogP contribution < -0.4 is 5.32 Å². The molecular formula is C22H21N3O3S. The van der Waals surface area contributed by atoms with Gasteiger partial charge < -0.3 is 9.88 Å². The summed E-state index contributed by atoms with van der Waals surface area (Å²) in [4.78, 5) is 38.4. The molecular weight excluding hydrogens is 386 g/mol. The smallest absolute Gasteiger partial charge is 0.294 e. The summed E-state index contributed by atoms with van der Waals surface area (Å²) in [5.41, 5.74) is 1.70. The van der Waals surface area contributed by atoms with E-state index in [2.05, 4.69) is 11.2 Å². The van der Waals surface area contributed by atoms with E-state index in [1.165, 1.54) is 0 Å². The Morgan fingerprint density at radius 2 is 2.03 bits per heavy atom. The Labute approximate surface area is 173 Å². The van der Waals surface area contributed by atoms with Gasteiger partial charge in [0.15, 0.2) is 0 Å². The van der Waals surface area contributed by atoms with Crippen LogP contribution in [0.5, 0.6) is 0 Å². The summed E-state index contributed by atoms with van der Waals surface area (Å²) in [5, 5.41) is 3.66. The molecule has 2 fully saturated rings. The van der Waals surface area contributed by atoms with E-state index in [0.717, 1.165) is 58.8 Å². The largest absolute Gasteiger partial charge is 0.352 e. The first-order chi connectivity index (χ1) is 14.1. The number of thioether (sulfide) groups is 1. The van der Waals surface area contributed by atoms with E-state index < -0.39 is 0 Å². The van der Waals surface area contributed by atoms with Gasteiger partial charge in [0.05, 0.1) is 11.4 Å². The zero-order valence-electron chi connectivity index (χ0n) is 15.9. The molecule has 29 heavy (non-hydrogen) atoms. The van der Waals surface area contributed by atoms with Crippen LogP contribution in [0.25, 0.3) is 17.0 Å². The van der Waals surface area contributed by atoms with Crippen molar-refractivity contribution in [1.29, 1.82) is 0 Å². The van der Waals surface area contributed by atoms with Crippen LogP contribution in [0.15, 0.2) is 35.4 Å². The van der Waals surface area contributed by atoms with E-state index in [0.29, 0.717) is 4.91 Å². The minimum Gasteiger partial charge on any atom is -0.352 e. The molecule has 0 unspecified atom stereocenters. The van der Waals surface area contributed by atoms with Crippen LogP contribution in [0, 0.1) is 12.3 Å². The van der Waals surface area contributed by atoms with Crippen LogP contribution in [0.4, 0.5) is 4.79 Å². The number of hydrogen-bond acceptors (Lipinski definition) is 4. The van der Waals surface area contributed by atoms with Crippen molar-refractivity contribution < 1.29 is 14.4 Å². The third kappa shape index (κ3) is 3.94. The van der Waals surface area contributed by atoms with E-state index >= 15 is 0 Å². The number of aromatic nitrogens is 1. The summed E-state index contributed by atoms with van der Waals surface area (Å²) >= 11 is 0.884. The number of fused-ring (bicyclic) bond motifs is 1. The lowest BCUT2D eigenvalue weighted by atomic mass is 10.1. The van der Waals surface area contributed by atoms with Crippen LogP contribution in [-0.4, -0.2) is 39.1 Å². The molecule has 2 heterocycles. The molecule has 0 radical (unpaired) electrons. The Hall–Kier alpha value is -2.98. The minimum absolute atomic E-state index is 0.0152. The number of para-hydroxylation sites is 1. The summed E-state index contributed by atoms with van der Waals surface area (Å²) in [6, 6.07) is 7.98. The number of benzene rings is 1. The second-order valence-electron chi connectivity index (χ2n) is 7.25. The van der Waals surface area contributed by atoms with Crippen LogP contribution in [0.2, 0.25) is 0 Å². The Balaban J connectivity index is 1.61. The molecule has 1 saturated carbocycles. The zero-order valence-corrected chi connectivity index (χ0v) is 16.7. The third-order valence-electron chi connectivity index (χ3n) is 5.26. The molecule has 0 atom stereocenters. The predicted octanol–water partition coefficient (Wildman–Crippen LogP) is 3.37. The molecule has 1 aliphatic heterocycles. The van der Waals surface area contributed by atoms with Gasteiger partial charge in [0.1, 0.15) is 6.54 Å². The third-order valence-corrected chi connectivity index (χ3v) is 6.17. The maximum Gasteiger partial charge on any atom is 0.294 e. The summed E-state index contributed by atoms with van der Waals surface area (Å²) in [6.07, 6.45) is 13.2. The molecule has 0 spiro atoms. The Morgan fingerprint density at radius 1 is 1.28 bits per heavy atom. The van der Waals surface area contributed by atoms with Gasteiger partial charge in [-0.2, -0.15) is 0 Å². The van der Waals surface area contributed by atoms with Crippen molar-refractivity contribution in [2.75, 3.05) is 6.54 Å². The first-order valence-electron chi connectivity index (χ1n) is 9.63. The molecule has 1 aromatic carbocycles. The molecule has 148 valence electrons. The van der Waals surface area contributed by atoms with E-state index in [1.807, 2.05) is 35.0 Å². The molecule has 1 aliphatic carbocycles. The van der Waals surface area contributed by atoms with Crippen LogP contribution >= 0.6 is 11.8 Å². The molecule has 2 aromatic rings. The SMILES string of the molecule is C#CCN1C(=O)S/C(=C\c2cn(CC(=O)NC3CCCC3)c3ccccc23)C1=O. The van der Waals surface area contributed by atoms with Gasteiger partial charge in [-0.15, -0.1) is 6.42 Å². The van der Waals surface area contributed by atoms with E-state index in [9.17, 15) is 14.4 Å². The molecule has 3 amide bonds. The van der Waals surface area contributed by atoms with Crippen LogP contribution in [0.3, 0.4) is 0 Å². The molecule has 2 aliphatic rings. The minimum atomic E-state index is -0.381. The first kappa shape index (κ1) is 19.3. The van der Waals surface area contributed by atoms with Gasteiger partial charge in [-0.25, -0.2) is 0 Å². The number of terminal acetylenes is 1. The predicted molar refractivity (Wildman–Crippen MR) is 114 cm³/mol. The topological polar surface area (TPSA) is 71.4 Å². The Kier molecular flexibility index (Phi) is 5.45. The molecule has 1 N–H and O–H groups in total. The van der Waals surface area contributed by atoms with Gasteiger partial charge in [0, 0.05) is 28.7 Å². The van der Waals surface area contributed by atoms with Gasteiger partial charge in [-0.05, 0) is 36.7 Å². The summed E-state index contributed by atoms with van der Waals surface area (Å²) in [5.74, 6) is 1.94. The quantitative estimate of drug-likeness (QED) is 0.609. The highest BCUT2D eigenvalue weighted by molar-refractivity contribution is 8.18. The van der Waals surface area contributed by atoms with Crippen molar-refractivity contribution in [2.45, 2.75) is 38.3 Å². The van der Waals surface area contributed by atoms with Crippen molar-refractivity contribution in [2.24, 2.45) is 0 Å². The lowest BCUT2D eigenvalue weighted by Gasteiger charge is -2.12. The van der Waals surface area contributed by atoms with Gasteiger partial charge in [-0.3, -0.25) is 19.3 Å². The standard InChI is InChI=1S/C22H21N3O3S/c1-2-11-25-21(27)19(29-22(25)28)12-15-13-24(18-10-6-5-9-17(15)18)14-20(26)23-16-7-3-4-8-16/h1,5-6,9-10,12-13,16H,3-4,7-8,11,14H2,(H,23,26)/b19-12-. The number of rotatable bonds is 5. The van der Waals surface area contributed by atoms with Crippen molar-refractivity contribution in [3.8, 4) is 12.3 Å². The highest BCUT2D eigenvalue weighted by Gasteiger charge is 2.34. The highest BCUT2D eigenvalue weighted by atomic mass is 32.2. The second-order valence-corrected chi connectivity index (χ2v) is 8.24. The monoisotopic (exact) mass is 407 g/mol. The number of nitrogens with zero attached hydrogens (tertiary/aromatic N) is 2. The van der Waals surface area contributed by atoms with Crippen molar-refractivity contribution in [1.82, 2.24) is 14.8 Å². The van der Waals surface area contributed by atoms with E-state index in [-0.39, 0.29) is 36.2 Å². The van der Waals surface area contributed by atoms with E-state index in [4.69, 9.17) is 6.42 Å². The zero-order chi connectivity index (χ0) is 20.4. The molecule has 6 nitrogen and oxygen atoms in total. The number of hydrogen-bond donors (Lipinski definition) is 1. The molecule has 7 heteroatoms. The molecule has 1 aromatic heterocycles. The number of carbonyl (C=O) groups is 3. The highest BCUT2D eigenvalue weighted by Crippen LogP contribution is 2.34. The second kappa shape index (κ2) is 8.18. The van der Waals surface area contributed by atoms with Gasteiger partial charge in [0.25, 0.3) is 11.1 Å². The fourth-order valence-electron chi connectivity index (χ4n) is 3.89. The number of nitrogens with one attached hydrogen (secondary N) is 1. The first-order valence-corrected chi connectivity index (χ1v) is 10.4. The normalized spacial score (nSPS) is 18.7. The molecule has 4 rings (SSSR count). The maximum absolute atomic E-state index is 12.5. The van der Waals surface area contributed by atoms with Crippen molar-refractivity contribution in [3.63, 3.8) is 0 Å². The van der Waals surface area contributed by atoms with E-state index in [1.54, 1.807) is 6.08 Å². The average Bonchev–Trinajstić information content (AvgIpc) is 3.39. The van der Waals surface area contributed by atoms with Crippen LogP contribution in [-0.2, 0) is 16.1 Å². The number of imide groups is 1. The fraction of sp³-hybridized carbons (Fsp3) is 0.318. The Bertz CT molecular complexity index is 1060. The Morgan fingerprint density at radius 3 is 2.79 bits per heavy atom. The summed E-state index contributed by atoms with van der Waals surface area (Å²) in [7, 11) is 0. The van der Waals surface area contributed by atoms with Gasteiger partial charge >= 0.3 is 0 Å². The number of carbonyl (C=O) groups excluding carboxylic acids is 3. The fourth-order valence-corrected chi connectivity index (χ4v) is 4.72. The van der Waals surface area contributed by atoms with Gasteiger partial charge in [0.2, 0.25) is 5.91 Å². The average molecular weight is 407 g/mol. The van der Waals surface area contributed by atoms with Gasteiger partial charge in [-0.1, -0.05) is 37.0 Å².